The van der Waals surface area contributed by atoms with Gasteiger partial charge in [-0.25, -0.2) is 0 Å². The number of para-hydroxylation sites is 1. The van der Waals surface area contributed by atoms with E-state index in [1.54, 1.807) is 24.4 Å². The third kappa shape index (κ3) is 4.01. The summed E-state index contributed by atoms with van der Waals surface area (Å²) in [5, 5.41) is 14.3. The summed E-state index contributed by atoms with van der Waals surface area (Å²) < 4.78 is 0. The molecule has 8 nitrogen and oxygen atoms in total. The van der Waals surface area contributed by atoms with E-state index in [4.69, 9.17) is 0 Å². The van der Waals surface area contributed by atoms with Crippen LogP contribution in [-0.4, -0.2) is 27.4 Å². The van der Waals surface area contributed by atoms with Crippen molar-refractivity contribution < 1.29 is 9.59 Å². The number of pyridine rings is 2. The summed E-state index contributed by atoms with van der Waals surface area (Å²) in [5.74, 6) is -0.535. The van der Waals surface area contributed by atoms with E-state index in [1.807, 2.05) is 31.2 Å². The van der Waals surface area contributed by atoms with E-state index in [9.17, 15) is 9.59 Å². The van der Waals surface area contributed by atoms with E-state index >= 15 is 0 Å². The Hall–Kier alpha value is -3.68. The third-order valence-corrected chi connectivity index (χ3v) is 4.42. The lowest BCUT2D eigenvalue weighted by Gasteiger charge is -2.09. The van der Waals surface area contributed by atoms with Gasteiger partial charge in [-0.05, 0) is 31.2 Å². The number of fused-ring (bicyclic) bond motifs is 1. The van der Waals surface area contributed by atoms with Crippen LogP contribution in [0.1, 0.15) is 30.3 Å². The van der Waals surface area contributed by atoms with Crippen molar-refractivity contribution >= 4 is 34.1 Å². The summed E-state index contributed by atoms with van der Waals surface area (Å²) in [6.07, 6.45) is 4.02. The third-order valence-electron chi connectivity index (χ3n) is 4.42. The summed E-state index contributed by atoms with van der Waals surface area (Å²) in [6, 6.07) is 12.5. The van der Waals surface area contributed by atoms with Crippen LogP contribution in [0.2, 0.25) is 0 Å². The van der Waals surface area contributed by atoms with Crippen molar-refractivity contribution in [2.75, 3.05) is 10.6 Å². The summed E-state index contributed by atoms with van der Waals surface area (Å²) in [5.41, 5.74) is 1.60. The van der Waals surface area contributed by atoms with Crippen LogP contribution >= 0.6 is 0 Å². The lowest BCUT2D eigenvalue weighted by atomic mass is 10.1. The van der Waals surface area contributed by atoms with Crippen LogP contribution in [0.5, 0.6) is 0 Å². The van der Waals surface area contributed by atoms with Crippen LogP contribution in [0.3, 0.4) is 0 Å². The summed E-state index contributed by atoms with van der Waals surface area (Å²) in [7, 11) is 0. The standard InChI is InChI=1S/C20H18N6O2/c1-20(25-26-20)9-7-17(27)23-14-8-11-21-16(12-14)19(28)24-15-6-2-4-13-5-3-10-22-18(13)15/h2-6,8,10-12H,7,9H2,1H3,(H,24,28)(H,21,23,27). The van der Waals surface area contributed by atoms with E-state index in [0.29, 0.717) is 29.7 Å². The van der Waals surface area contributed by atoms with Crippen molar-refractivity contribution in [3.63, 3.8) is 0 Å². The molecular weight excluding hydrogens is 356 g/mol. The molecular formula is C20H18N6O2. The highest BCUT2D eigenvalue weighted by molar-refractivity contribution is 6.07. The largest absolute Gasteiger partial charge is 0.326 e. The van der Waals surface area contributed by atoms with Crippen molar-refractivity contribution in [2.45, 2.75) is 25.4 Å². The van der Waals surface area contributed by atoms with Gasteiger partial charge in [0, 0.05) is 36.3 Å². The molecule has 4 rings (SSSR count). The van der Waals surface area contributed by atoms with Gasteiger partial charge in [0.2, 0.25) is 5.91 Å². The number of benzene rings is 1. The van der Waals surface area contributed by atoms with Gasteiger partial charge in [0.05, 0.1) is 11.2 Å². The number of nitrogens with zero attached hydrogens (tertiary/aromatic N) is 4. The maximum absolute atomic E-state index is 12.6. The quantitative estimate of drug-likeness (QED) is 0.684. The predicted octanol–water partition coefficient (Wildman–Crippen LogP) is 3.78. The molecule has 1 aromatic carbocycles. The molecule has 0 spiro atoms. The van der Waals surface area contributed by atoms with Crippen molar-refractivity contribution in [2.24, 2.45) is 10.2 Å². The van der Waals surface area contributed by atoms with Gasteiger partial charge in [-0.1, -0.05) is 18.2 Å². The predicted molar refractivity (Wildman–Crippen MR) is 105 cm³/mol. The molecule has 0 saturated heterocycles. The molecule has 3 heterocycles. The van der Waals surface area contributed by atoms with Gasteiger partial charge in [-0.15, -0.1) is 0 Å². The minimum absolute atomic E-state index is 0.158. The van der Waals surface area contributed by atoms with Crippen LogP contribution in [0.4, 0.5) is 11.4 Å². The van der Waals surface area contributed by atoms with Crippen LogP contribution in [0.25, 0.3) is 10.9 Å². The van der Waals surface area contributed by atoms with Crippen molar-refractivity contribution in [1.29, 1.82) is 0 Å². The fraction of sp³-hybridized carbons (Fsp3) is 0.200. The van der Waals surface area contributed by atoms with Gasteiger partial charge in [0.1, 0.15) is 5.69 Å². The second-order valence-electron chi connectivity index (χ2n) is 6.73. The lowest BCUT2D eigenvalue weighted by Crippen LogP contribution is -2.17. The Kier molecular flexibility index (Phi) is 4.52. The van der Waals surface area contributed by atoms with Crippen molar-refractivity contribution in [3.8, 4) is 0 Å². The van der Waals surface area contributed by atoms with Gasteiger partial charge in [-0.2, -0.15) is 10.2 Å². The van der Waals surface area contributed by atoms with Crippen LogP contribution in [-0.2, 0) is 4.79 Å². The van der Waals surface area contributed by atoms with E-state index in [1.165, 1.54) is 6.20 Å². The first kappa shape index (κ1) is 17.7. The molecule has 0 atom stereocenters. The Bertz CT molecular complexity index is 1080. The molecule has 0 aliphatic carbocycles. The average Bonchev–Trinajstić information content (AvgIpc) is 3.45. The number of hydrogen-bond donors (Lipinski definition) is 2. The number of nitrogens with one attached hydrogen (secondary N) is 2. The average molecular weight is 374 g/mol. The molecule has 2 amide bonds. The highest BCUT2D eigenvalue weighted by atomic mass is 16.2. The van der Waals surface area contributed by atoms with E-state index < -0.39 is 5.66 Å². The first-order chi connectivity index (χ1) is 13.5. The second kappa shape index (κ2) is 7.15. The zero-order valence-electron chi connectivity index (χ0n) is 15.2. The minimum atomic E-state index is -0.410. The van der Waals surface area contributed by atoms with Crippen molar-refractivity contribution in [3.05, 3.63) is 60.6 Å². The summed E-state index contributed by atoms with van der Waals surface area (Å²) in [4.78, 5) is 33.1. The Morgan fingerprint density at radius 1 is 1.00 bits per heavy atom. The van der Waals surface area contributed by atoms with Gasteiger partial charge < -0.3 is 10.6 Å². The molecule has 2 N–H and O–H groups in total. The molecule has 1 aliphatic heterocycles. The number of carbonyl (C=O) groups excluding carboxylic acids is 2. The summed E-state index contributed by atoms with van der Waals surface area (Å²) in [6.45, 7) is 1.87. The molecule has 0 radical (unpaired) electrons. The smallest absolute Gasteiger partial charge is 0.274 e. The highest BCUT2D eigenvalue weighted by Crippen LogP contribution is 2.32. The van der Waals surface area contributed by atoms with Crippen LogP contribution in [0.15, 0.2) is 65.1 Å². The minimum Gasteiger partial charge on any atom is -0.326 e. The second-order valence-corrected chi connectivity index (χ2v) is 6.73. The SMILES string of the molecule is CC1(CCC(=O)Nc2ccnc(C(=O)Nc3cccc4cccnc34)c2)N=N1. The molecule has 0 unspecified atom stereocenters. The number of amides is 2. The molecule has 1 aliphatic rings. The molecule has 8 heteroatoms. The first-order valence-corrected chi connectivity index (χ1v) is 8.87. The topological polar surface area (TPSA) is 109 Å². The van der Waals surface area contributed by atoms with Gasteiger partial charge in [0.15, 0.2) is 5.66 Å². The normalized spacial score (nSPS) is 13.9. The van der Waals surface area contributed by atoms with Crippen LogP contribution < -0.4 is 10.6 Å². The fourth-order valence-electron chi connectivity index (χ4n) is 2.78. The summed E-state index contributed by atoms with van der Waals surface area (Å²) >= 11 is 0. The zero-order chi connectivity index (χ0) is 19.6. The van der Waals surface area contributed by atoms with E-state index in [0.717, 1.165) is 5.39 Å². The monoisotopic (exact) mass is 374 g/mol. The van der Waals surface area contributed by atoms with E-state index in [2.05, 4.69) is 30.8 Å². The van der Waals surface area contributed by atoms with Gasteiger partial charge in [-0.3, -0.25) is 19.6 Å². The number of rotatable bonds is 6. The molecule has 0 saturated carbocycles. The van der Waals surface area contributed by atoms with Crippen LogP contribution in [0, 0.1) is 0 Å². The number of aromatic nitrogens is 2. The molecule has 2 aromatic heterocycles. The van der Waals surface area contributed by atoms with E-state index in [-0.39, 0.29) is 17.5 Å². The van der Waals surface area contributed by atoms with Crippen molar-refractivity contribution in [1.82, 2.24) is 9.97 Å². The molecule has 3 aromatic rings. The highest BCUT2D eigenvalue weighted by Gasteiger charge is 2.33. The molecule has 140 valence electrons. The first-order valence-electron chi connectivity index (χ1n) is 8.87. The maximum atomic E-state index is 12.6. The lowest BCUT2D eigenvalue weighted by molar-refractivity contribution is -0.116. The Labute approximate surface area is 161 Å². The number of anilines is 2. The zero-order valence-corrected chi connectivity index (χ0v) is 15.2. The fourth-order valence-corrected chi connectivity index (χ4v) is 2.78. The maximum Gasteiger partial charge on any atom is 0.274 e. The molecule has 0 fully saturated rings. The Morgan fingerprint density at radius 2 is 1.82 bits per heavy atom. The Morgan fingerprint density at radius 3 is 2.64 bits per heavy atom. The number of hydrogen-bond acceptors (Lipinski definition) is 6. The number of carbonyl (C=O) groups is 2. The molecule has 28 heavy (non-hydrogen) atoms. The van der Waals surface area contributed by atoms with Gasteiger partial charge in [0.25, 0.3) is 5.91 Å². The molecule has 0 bridgehead atoms. The Balaban J connectivity index is 1.44. The van der Waals surface area contributed by atoms with Gasteiger partial charge >= 0.3 is 0 Å².